The molecule has 2 rings (SSSR count). The van der Waals surface area contributed by atoms with Gasteiger partial charge in [-0.05, 0) is 31.3 Å². The Morgan fingerprint density at radius 2 is 2.17 bits per heavy atom. The van der Waals surface area contributed by atoms with Crippen LogP contribution in [0.1, 0.15) is 18.9 Å². The molecule has 0 aliphatic heterocycles. The summed E-state index contributed by atoms with van der Waals surface area (Å²) in [6.07, 6.45) is -0.293. The molecule has 7 heteroatoms. The average molecular weight is 304 g/mol. The van der Waals surface area contributed by atoms with Crippen LogP contribution >= 0.6 is 35.4 Å². The lowest BCUT2D eigenvalue weighted by molar-refractivity contribution is 0.212. The molecule has 96 valence electrons. The first-order valence-electron chi connectivity index (χ1n) is 5.22. The summed E-state index contributed by atoms with van der Waals surface area (Å²) in [5, 5.41) is 7.88. The van der Waals surface area contributed by atoms with Crippen molar-refractivity contribution in [2.75, 3.05) is 0 Å². The lowest BCUT2D eigenvalue weighted by Crippen LogP contribution is -2.09. The van der Waals surface area contributed by atoms with Crippen molar-refractivity contribution < 1.29 is 4.74 Å². The topological polar surface area (TPSA) is 42.8 Å². The molecule has 2 aromatic rings. The number of ether oxygens (including phenoxy) is 1. The molecule has 0 saturated carbocycles. The van der Waals surface area contributed by atoms with Crippen LogP contribution in [0.3, 0.4) is 0 Å². The summed E-state index contributed by atoms with van der Waals surface area (Å²) in [5.41, 5.74) is 0. The molecular formula is C11H11Cl2N3OS. The molecule has 0 aliphatic carbocycles. The summed E-state index contributed by atoms with van der Waals surface area (Å²) in [5.74, 6) is 1.21. The maximum Gasteiger partial charge on any atom is 0.195 e. The second-order valence-electron chi connectivity index (χ2n) is 3.78. The van der Waals surface area contributed by atoms with Crippen molar-refractivity contribution in [2.24, 2.45) is 7.05 Å². The van der Waals surface area contributed by atoms with Crippen LogP contribution in [0.25, 0.3) is 0 Å². The maximum atomic E-state index is 6.03. The number of nitrogens with zero attached hydrogens (tertiary/aromatic N) is 2. The van der Waals surface area contributed by atoms with E-state index in [1.165, 1.54) is 0 Å². The fraction of sp³-hybridized carbons (Fsp3) is 0.273. The third-order valence-electron chi connectivity index (χ3n) is 2.47. The van der Waals surface area contributed by atoms with Crippen LogP contribution in [0.15, 0.2) is 18.2 Å². The normalized spacial score (nSPS) is 12.4. The molecule has 0 saturated heterocycles. The molecule has 1 aromatic carbocycles. The summed E-state index contributed by atoms with van der Waals surface area (Å²) in [6.45, 7) is 1.86. The van der Waals surface area contributed by atoms with Gasteiger partial charge in [0.2, 0.25) is 0 Å². The number of halogens is 2. The molecule has 0 unspecified atom stereocenters. The van der Waals surface area contributed by atoms with E-state index in [2.05, 4.69) is 10.2 Å². The highest BCUT2D eigenvalue weighted by atomic mass is 35.5. The van der Waals surface area contributed by atoms with Crippen molar-refractivity contribution in [1.82, 2.24) is 14.8 Å². The summed E-state index contributed by atoms with van der Waals surface area (Å²) in [7, 11) is 1.82. The van der Waals surface area contributed by atoms with Crippen molar-refractivity contribution in [1.29, 1.82) is 0 Å². The van der Waals surface area contributed by atoms with Crippen molar-refractivity contribution in [2.45, 2.75) is 13.0 Å². The Bertz CT molecular complexity index is 623. The van der Waals surface area contributed by atoms with Gasteiger partial charge < -0.3 is 9.30 Å². The number of aromatic nitrogens is 3. The van der Waals surface area contributed by atoms with Crippen molar-refractivity contribution >= 4 is 35.4 Å². The van der Waals surface area contributed by atoms with E-state index in [1.54, 1.807) is 22.8 Å². The van der Waals surface area contributed by atoms with Crippen molar-refractivity contribution in [3.05, 3.63) is 38.8 Å². The van der Waals surface area contributed by atoms with E-state index in [-0.39, 0.29) is 6.10 Å². The first kappa shape index (κ1) is 13.4. The molecule has 4 nitrogen and oxygen atoms in total. The highest BCUT2D eigenvalue weighted by Crippen LogP contribution is 2.31. The predicted octanol–water partition coefficient (Wildman–Crippen LogP) is 3.92. The molecule has 1 N–H and O–H groups in total. The van der Waals surface area contributed by atoms with Crippen molar-refractivity contribution in [3.63, 3.8) is 0 Å². The van der Waals surface area contributed by atoms with Crippen LogP contribution in [-0.2, 0) is 7.05 Å². The monoisotopic (exact) mass is 303 g/mol. The van der Waals surface area contributed by atoms with Gasteiger partial charge in [-0.1, -0.05) is 23.2 Å². The van der Waals surface area contributed by atoms with Gasteiger partial charge in [-0.15, -0.1) is 0 Å². The minimum Gasteiger partial charge on any atom is -0.481 e. The lowest BCUT2D eigenvalue weighted by Gasteiger charge is -2.15. The zero-order valence-electron chi connectivity index (χ0n) is 9.78. The van der Waals surface area contributed by atoms with Gasteiger partial charge in [-0.25, -0.2) is 0 Å². The summed E-state index contributed by atoms with van der Waals surface area (Å²) < 4.78 is 8.03. The fourth-order valence-corrected chi connectivity index (χ4v) is 2.00. The van der Waals surface area contributed by atoms with Gasteiger partial charge in [-0.2, -0.15) is 5.10 Å². The summed E-state index contributed by atoms with van der Waals surface area (Å²) in [4.78, 5) is 0. The van der Waals surface area contributed by atoms with Crippen LogP contribution in [0.5, 0.6) is 5.75 Å². The highest BCUT2D eigenvalue weighted by molar-refractivity contribution is 7.71. The number of H-pyrrole nitrogens is 1. The number of hydrogen-bond acceptors (Lipinski definition) is 3. The van der Waals surface area contributed by atoms with Crippen LogP contribution in [-0.4, -0.2) is 14.8 Å². The molecule has 18 heavy (non-hydrogen) atoms. The van der Waals surface area contributed by atoms with Gasteiger partial charge in [0.1, 0.15) is 5.75 Å². The van der Waals surface area contributed by atoms with Gasteiger partial charge >= 0.3 is 0 Å². The summed E-state index contributed by atoms with van der Waals surface area (Å²) >= 11 is 17.0. The number of hydrogen-bond donors (Lipinski definition) is 1. The third-order valence-corrected chi connectivity index (χ3v) is 3.39. The highest BCUT2D eigenvalue weighted by Gasteiger charge is 2.15. The van der Waals surface area contributed by atoms with E-state index >= 15 is 0 Å². The van der Waals surface area contributed by atoms with Gasteiger partial charge in [0.15, 0.2) is 16.7 Å². The molecule has 1 heterocycles. The Hall–Kier alpha value is -1.04. The number of aromatic amines is 1. The SMILES string of the molecule is C[C@@H](Oc1cc(Cl)ccc1Cl)c1n[nH]c(=S)n1C. The molecule has 0 aliphatic rings. The molecule has 0 amide bonds. The quantitative estimate of drug-likeness (QED) is 0.874. The number of benzene rings is 1. The Labute approximate surface area is 119 Å². The third kappa shape index (κ3) is 2.68. The van der Waals surface area contributed by atoms with Crippen LogP contribution in [0, 0.1) is 4.77 Å². The molecule has 0 bridgehead atoms. The van der Waals surface area contributed by atoms with Crippen LogP contribution in [0.4, 0.5) is 0 Å². The Morgan fingerprint density at radius 3 is 2.78 bits per heavy atom. The first-order chi connectivity index (χ1) is 8.49. The van der Waals surface area contributed by atoms with E-state index in [4.69, 9.17) is 40.2 Å². The summed E-state index contributed by atoms with van der Waals surface area (Å²) in [6, 6.07) is 5.06. The lowest BCUT2D eigenvalue weighted by atomic mass is 10.3. The van der Waals surface area contributed by atoms with Gasteiger partial charge in [0.05, 0.1) is 5.02 Å². The molecule has 0 fully saturated rings. The Kier molecular flexibility index (Phi) is 3.94. The van der Waals surface area contributed by atoms with Gasteiger partial charge in [0.25, 0.3) is 0 Å². The zero-order chi connectivity index (χ0) is 13.3. The van der Waals surface area contributed by atoms with E-state index in [0.717, 1.165) is 0 Å². The largest absolute Gasteiger partial charge is 0.481 e. The maximum absolute atomic E-state index is 6.03. The number of nitrogens with one attached hydrogen (secondary N) is 1. The van der Waals surface area contributed by atoms with E-state index in [0.29, 0.717) is 26.4 Å². The molecule has 1 aromatic heterocycles. The van der Waals surface area contributed by atoms with E-state index in [9.17, 15) is 0 Å². The first-order valence-corrected chi connectivity index (χ1v) is 6.38. The Balaban J connectivity index is 2.26. The fourth-order valence-electron chi connectivity index (χ4n) is 1.53. The average Bonchev–Trinajstić information content (AvgIpc) is 2.65. The van der Waals surface area contributed by atoms with Crippen LogP contribution < -0.4 is 4.74 Å². The smallest absolute Gasteiger partial charge is 0.195 e. The molecular weight excluding hydrogens is 293 g/mol. The zero-order valence-corrected chi connectivity index (χ0v) is 12.1. The second-order valence-corrected chi connectivity index (χ2v) is 5.01. The second kappa shape index (κ2) is 5.30. The van der Waals surface area contributed by atoms with Crippen molar-refractivity contribution in [3.8, 4) is 5.75 Å². The van der Waals surface area contributed by atoms with Gasteiger partial charge in [-0.3, -0.25) is 5.10 Å². The van der Waals surface area contributed by atoms with Crippen LogP contribution in [0.2, 0.25) is 10.0 Å². The minimum absolute atomic E-state index is 0.293. The molecule has 0 spiro atoms. The molecule has 1 atom stereocenters. The van der Waals surface area contributed by atoms with E-state index < -0.39 is 0 Å². The number of rotatable bonds is 3. The molecule has 0 radical (unpaired) electrons. The minimum atomic E-state index is -0.293. The standard InChI is InChI=1S/C11H11Cl2N3OS/c1-6(10-14-15-11(18)16(10)2)17-9-5-7(12)3-4-8(9)13/h3-6H,1-2H3,(H,15,18)/t6-/m1/s1. The van der Waals surface area contributed by atoms with Gasteiger partial charge in [0, 0.05) is 18.1 Å². The predicted molar refractivity (Wildman–Crippen MR) is 73.9 cm³/mol. The van der Waals surface area contributed by atoms with E-state index in [1.807, 2.05) is 14.0 Å². The Morgan fingerprint density at radius 1 is 1.44 bits per heavy atom.